The molecule has 0 saturated heterocycles. The molecule has 0 N–H and O–H groups in total. The fourth-order valence-electron chi connectivity index (χ4n) is 3.31. The van der Waals surface area contributed by atoms with Gasteiger partial charge in [-0.05, 0) is 34.1 Å². The molecule has 0 spiro atoms. The smallest absolute Gasteiger partial charge is 0.0161 e. The van der Waals surface area contributed by atoms with Crippen molar-refractivity contribution in [2.45, 2.75) is 26.2 Å². The van der Waals surface area contributed by atoms with Crippen molar-refractivity contribution in [3.63, 3.8) is 0 Å². The first-order valence-electron chi connectivity index (χ1n) is 10.1. The third-order valence-electron chi connectivity index (χ3n) is 5.03. The molecule has 31 heavy (non-hydrogen) atoms. The number of rotatable bonds is 1. The van der Waals surface area contributed by atoms with Crippen molar-refractivity contribution in [2.24, 2.45) is 0 Å². The van der Waals surface area contributed by atoms with Gasteiger partial charge in [0.25, 0.3) is 0 Å². The van der Waals surface area contributed by atoms with Gasteiger partial charge in [-0.3, -0.25) is 0 Å². The summed E-state index contributed by atoms with van der Waals surface area (Å²) in [6.07, 6.45) is 3.63. The molecule has 2 heterocycles. The van der Waals surface area contributed by atoms with E-state index in [9.17, 15) is 0 Å². The first-order valence-corrected chi connectivity index (χ1v) is 10.1. The Morgan fingerprint density at radius 1 is 0.710 bits per heavy atom. The van der Waals surface area contributed by atoms with Crippen LogP contribution in [0.5, 0.6) is 0 Å². The van der Waals surface area contributed by atoms with E-state index in [2.05, 4.69) is 85.3 Å². The van der Waals surface area contributed by atoms with Gasteiger partial charge in [-0.2, -0.15) is 0 Å². The molecule has 0 unspecified atom stereocenters. The molecule has 1 radical (unpaired) electrons. The molecule has 3 aromatic carbocycles. The molecule has 5 aromatic rings. The van der Waals surface area contributed by atoms with Gasteiger partial charge in [0.15, 0.2) is 0 Å². The minimum Gasteiger partial charge on any atom is -0.305 e. The Labute approximate surface area is 197 Å². The summed E-state index contributed by atoms with van der Waals surface area (Å²) in [4.78, 5) is 8.69. The number of aromatic nitrogens is 2. The van der Waals surface area contributed by atoms with E-state index in [4.69, 9.17) is 0 Å². The van der Waals surface area contributed by atoms with Gasteiger partial charge in [0.2, 0.25) is 0 Å². The molecule has 0 atom stereocenters. The van der Waals surface area contributed by atoms with E-state index in [-0.39, 0.29) is 25.5 Å². The predicted molar refractivity (Wildman–Crippen MR) is 125 cm³/mol. The topological polar surface area (TPSA) is 25.8 Å². The maximum atomic E-state index is 4.38. The zero-order valence-corrected chi connectivity index (χ0v) is 20.3. The first-order chi connectivity index (χ1) is 14.5. The van der Waals surface area contributed by atoms with Crippen molar-refractivity contribution in [2.75, 3.05) is 0 Å². The number of pyridine rings is 2. The zero-order valence-electron chi connectivity index (χ0n) is 17.9. The van der Waals surface area contributed by atoms with Gasteiger partial charge in [-0.15, -0.1) is 70.4 Å². The molecule has 0 amide bonds. The largest absolute Gasteiger partial charge is 0.305 e. The maximum absolute atomic E-state index is 4.38. The van der Waals surface area contributed by atoms with Crippen molar-refractivity contribution in [1.29, 1.82) is 0 Å². The summed E-state index contributed by atoms with van der Waals surface area (Å²) in [6.45, 7) is 6.61. The van der Waals surface area contributed by atoms with E-state index in [0.29, 0.717) is 0 Å². The van der Waals surface area contributed by atoms with Crippen LogP contribution in [-0.2, 0) is 25.5 Å². The molecule has 5 rings (SSSR count). The van der Waals surface area contributed by atoms with Gasteiger partial charge in [0.05, 0.1) is 0 Å². The van der Waals surface area contributed by atoms with Crippen LogP contribution in [-0.4, -0.2) is 9.97 Å². The van der Waals surface area contributed by atoms with Crippen LogP contribution < -0.4 is 0 Å². The average molecular weight is 581 g/mol. The fourth-order valence-corrected chi connectivity index (χ4v) is 3.31. The monoisotopic (exact) mass is 581 g/mol. The van der Waals surface area contributed by atoms with Crippen molar-refractivity contribution in [1.82, 2.24) is 9.97 Å². The van der Waals surface area contributed by atoms with Crippen LogP contribution in [0.1, 0.15) is 26.3 Å². The van der Waals surface area contributed by atoms with Crippen molar-refractivity contribution in [3.05, 3.63) is 109 Å². The van der Waals surface area contributed by atoms with Gasteiger partial charge < -0.3 is 9.97 Å². The number of hydrogen-bond donors (Lipinski definition) is 0. The Kier molecular flexibility index (Phi) is 7.33. The second kappa shape index (κ2) is 9.96. The Morgan fingerprint density at radius 3 is 2.19 bits per heavy atom. The third kappa shape index (κ3) is 5.44. The number of fused-ring (bicyclic) bond motifs is 3. The van der Waals surface area contributed by atoms with E-state index in [1.807, 2.05) is 42.6 Å². The van der Waals surface area contributed by atoms with Crippen LogP contribution in [0, 0.1) is 12.1 Å². The summed E-state index contributed by atoms with van der Waals surface area (Å²) in [5.41, 5.74) is 4.54. The number of benzene rings is 3. The summed E-state index contributed by atoms with van der Waals surface area (Å²) in [7, 11) is 0. The van der Waals surface area contributed by atoms with Gasteiger partial charge in [-0.1, -0.05) is 51.1 Å². The molecule has 0 aliphatic carbocycles. The molecule has 2 aromatic heterocycles. The van der Waals surface area contributed by atoms with Crippen LogP contribution in [0.3, 0.4) is 0 Å². The number of hydrogen-bond acceptors (Lipinski definition) is 2. The molecule has 2 nitrogen and oxygen atoms in total. The molecule has 0 aliphatic rings. The van der Waals surface area contributed by atoms with E-state index >= 15 is 0 Å². The summed E-state index contributed by atoms with van der Waals surface area (Å²) in [5, 5.41) is 3.46. The predicted octanol–water partition coefficient (Wildman–Crippen LogP) is 7.03. The summed E-state index contributed by atoms with van der Waals surface area (Å²) >= 11 is 0. The minimum absolute atomic E-state index is 0. The van der Waals surface area contributed by atoms with Gasteiger partial charge >= 0.3 is 0 Å². The van der Waals surface area contributed by atoms with Crippen LogP contribution in [0.25, 0.3) is 32.9 Å². The van der Waals surface area contributed by atoms with Crippen LogP contribution in [0.2, 0.25) is 0 Å². The number of nitrogens with zero attached hydrogens (tertiary/aromatic N) is 2. The zero-order chi connectivity index (χ0) is 21.0. The first kappa shape index (κ1) is 22.8. The van der Waals surface area contributed by atoms with Crippen LogP contribution in [0.15, 0.2) is 91.3 Å². The Morgan fingerprint density at radius 2 is 1.48 bits per heavy atom. The molecular formula is C28H24IrN2-2. The summed E-state index contributed by atoms with van der Waals surface area (Å²) in [5.74, 6) is 0. The van der Waals surface area contributed by atoms with Gasteiger partial charge in [0, 0.05) is 32.5 Å². The van der Waals surface area contributed by atoms with E-state index in [1.54, 1.807) is 6.20 Å². The standard InChI is InChI=1S/C15H16N.C13H8N.Ir/c1-15(2,3)13-9-7-12(8-10-13)14-6-4-5-11-16-14;1-2-6-12-10(4-1)7-8-11-5-3-9-14-13(11)12;/h4-7,9-11H,1-3H3;1-5,7-9H;/q2*-1;. The normalized spacial score (nSPS) is 10.8. The fraction of sp³-hybridized carbons (Fsp3) is 0.143. The average Bonchev–Trinajstić information content (AvgIpc) is 2.79. The molecule has 0 aliphatic heterocycles. The third-order valence-corrected chi connectivity index (χ3v) is 5.03. The minimum atomic E-state index is 0. The molecule has 0 saturated carbocycles. The molecule has 0 bridgehead atoms. The van der Waals surface area contributed by atoms with Crippen molar-refractivity contribution in [3.8, 4) is 11.3 Å². The molecular weight excluding hydrogens is 557 g/mol. The van der Waals surface area contributed by atoms with Crippen LogP contribution >= 0.6 is 0 Å². The molecule has 3 heteroatoms. The quantitative estimate of drug-likeness (QED) is 0.157. The van der Waals surface area contributed by atoms with Crippen LogP contribution in [0.4, 0.5) is 0 Å². The van der Waals surface area contributed by atoms with E-state index in [0.717, 1.165) is 22.2 Å². The summed E-state index contributed by atoms with van der Waals surface area (Å²) < 4.78 is 0. The maximum Gasteiger partial charge on any atom is 0.0161 e. The van der Waals surface area contributed by atoms with E-state index < -0.39 is 0 Å². The summed E-state index contributed by atoms with van der Waals surface area (Å²) in [6, 6.07) is 33.0. The second-order valence-corrected chi connectivity index (χ2v) is 8.23. The molecule has 157 valence electrons. The van der Waals surface area contributed by atoms with Crippen molar-refractivity contribution < 1.29 is 20.1 Å². The Hall–Kier alpha value is -2.87. The molecule has 0 fully saturated rings. The van der Waals surface area contributed by atoms with Crippen molar-refractivity contribution >= 4 is 21.7 Å². The second-order valence-electron chi connectivity index (χ2n) is 8.23. The Balaban J connectivity index is 0.000000171. The Bertz CT molecular complexity index is 1200. The van der Waals surface area contributed by atoms with Gasteiger partial charge in [0.1, 0.15) is 0 Å². The van der Waals surface area contributed by atoms with Gasteiger partial charge in [-0.25, -0.2) is 0 Å². The SMILES string of the molecule is CC(C)(C)c1c[c-]c(-c2ccccn2)cc1.[Ir].[c-]1cccc2ccc3cccnc3c12. The van der Waals surface area contributed by atoms with E-state index in [1.165, 1.54) is 16.3 Å².